The second-order valence-corrected chi connectivity index (χ2v) is 3.67. The minimum atomic E-state index is -1.90. The lowest BCUT2D eigenvalue weighted by molar-refractivity contribution is -0.126. The summed E-state index contributed by atoms with van der Waals surface area (Å²) in [5.41, 5.74) is 0.475. The molecule has 1 atom stereocenters. The van der Waals surface area contributed by atoms with Gasteiger partial charge in [-0.15, -0.1) is 0 Å². The number of rotatable bonds is 1. The van der Waals surface area contributed by atoms with E-state index in [4.69, 9.17) is 0 Å². The van der Waals surface area contributed by atoms with E-state index >= 15 is 0 Å². The predicted octanol–water partition coefficient (Wildman–Crippen LogP) is 1.11. The molecule has 0 bridgehead atoms. The zero-order valence-electron chi connectivity index (χ0n) is 9.22. The fourth-order valence-electron chi connectivity index (χ4n) is 1.46. The molecule has 0 aromatic heterocycles. The first-order valence-electron chi connectivity index (χ1n) is 5.20. The maximum Gasteiger partial charge on any atom is 0.332 e. The van der Waals surface area contributed by atoms with Gasteiger partial charge in [-0.05, 0) is 12.1 Å². The van der Waals surface area contributed by atoms with Crippen LogP contribution in [0.4, 0.5) is 19.7 Å². The van der Waals surface area contributed by atoms with Crippen LogP contribution in [0.2, 0.25) is 0 Å². The fourth-order valence-corrected chi connectivity index (χ4v) is 1.46. The van der Waals surface area contributed by atoms with E-state index in [1.807, 2.05) is 0 Å². The molecule has 2 rings (SSSR count). The average molecular weight is 251 g/mol. The van der Waals surface area contributed by atoms with Crippen LogP contribution in [-0.2, 0) is 4.79 Å². The van der Waals surface area contributed by atoms with Crippen molar-refractivity contribution in [1.82, 2.24) is 10.2 Å². The second kappa shape index (κ2) is 4.82. The molecule has 1 aliphatic rings. The van der Waals surface area contributed by atoms with Gasteiger partial charge in [0.15, 0.2) is 6.17 Å². The highest BCUT2D eigenvalue weighted by Gasteiger charge is 2.35. The topological polar surface area (TPSA) is 78.5 Å². The number of imide groups is 2. The maximum atomic E-state index is 13.1. The Balaban J connectivity index is 2.05. The van der Waals surface area contributed by atoms with E-state index in [1.165, 1.54) is 0 Å². The summed E-state index contributed by atoms with van der Waals surface area (Å²) in [6, 6.07) is 6.70. The van der Waals surface area contributed by atoms with Crippen LogP contribution in [0.3, 0.4) is 0 Å². The molecule has 0 aliphatic carbocycles. The Morgan fingerprint density at radius 1 is 1.33 bits per heavy atom. The smallest absolute Gasteiger partial charge is 0.307 e. The summed E-state index contributed by atoms with van der Waals surface area (Å²) < 4.78 is 13.1. The summed E-state index contributed by atoms with van der Waals surface area (Å²) in [6.45, 7) is -0.580. The Hall–Kier alpha value is -2.44. The minimum absolute atomic E-state index is 0.475. The highest BCUT2D eigenvalue weighted by Crippen LogP contribution is 2.10. The second-order valence-electron chi connectivity index (χ2n) is 3.67. The molecule has 1 heterocycles. The van der Waals surface area contributed by atoms with E-state index in [0.29, 0.717) is 10.6 Å². The first-order valence-corrected chi connectivity index (χ1v) is 5.20. The standard InChI is InChI=1S/C11H10FN3O3/c12-8-6-15(11(18)14-9(8)16)10(17)13-7-4-2-1-3-5-7/h1-5,8H,6H2,(H,13,17)(H,14,16,18). The molecule has 0 saturated carbocycles. The monoisotopic (exact) mass is 251 g/mol. The molecule has 0 spiro atoms. The van der Waals surface area contributed by atoms with Crippen LogP contribution < -0.4 is 10.6 Å². The van der Waals surface area contributed by atoms with Gasteiger partial charge < -0.3 is 5.32 Å². The van der Waals surface area contributed by atoms with Gasteiger partial charge in [-0.1, -0.05) is 18.2 Å². The first-order chi connectivity index (χ1) is 8.58. The number of nitrogens with one attached hydrogen (secondary N) is 2. The van der Waals surface area contributed by atoms with Crippen LogP contribution >= 0.6 is 0 Å². The Bertz CT molecular complexity index is 492. The van der Waals surface area contributed by atoms with Gasteiger partial charge in [0.1, 0.15) is 0 Å². The Morgan fingerprint density at radius 2 is 2.00 bits per heavy atom. The fraction of sp³-hybridized carbons (Fsp3) is 0.182. The van der Waals surface area contributed by atoms with Gasteiger partial charge in [0.25, 0.3) is 5.91 Å². The molecule has 6 nitrogen and oxygen atoms in total. The number of hydrogen-bond acceptors (Lipinski definition) is 3. The molecule has 1 saturated heterocycles. The summed E-state index contributed by atoms with van der Waals surface area (Å²) in [7, 11) is 0. The van der Waals surface area contributed by atoms with Gasteiger partial charge in [0.05, 0.1) is 6.54 Å². The molecule has 1 aliphatic heterocycles. The van der Waals surface area contributed by atoms with Crippen molar-refractivity contribution in [1.29, 1.82) is 0 Å². The molecule has 2 N–H and O–H groups in total. The van der Waals surface area contributed by atoms with Crippen molar-refractivity contribution in [2.45, 2.75) is 6.17 Å². The number of alkyl halides is 1. The van der Waals surface area contributed by atoms with Gasteiger partial charge in [-0.2, -0.15) is 0 Å². The molecular formula is C11H10FN3O3. The highest BCUT2D eigenvalue weighted by atomic mass is 19.1. The molecule has 1 aromatic rings. The van der Waals surface area contributed by atoms with E-state index in [0.717, 1.165) is 0 Å². The zero-order chi connectivity index (χ0) is 13.1. The number of benzene rings is 1. The normalized spacial score (nSPS) is 19.4. The van der Waals surface area contributed by atoms with Gasteiger partial charge in [0.2, 0.25) is 0 Å². The average Bonchev–Trinajstić information content (AvgIpc) is 2.35. The third kappa shape index (κ3) is 2.45. The van der Waals surface area contributed by atoms with E-state index in [-0.39, 0.29) is 0 Å². The molecule has 5 amide bonds. The number of carbonyl (C=O) groups is 3. The van der Waals surface area contributed by atoms with Crippen molar-refractivity contribution in [3.05, 3.63) is 30.3 Å². The van der Waals surface area contributed by atoms with Crippen molar-refractivity contribution in [2.75, 3.05) is 11.9 Å². The van der Waals surface area contributed by atoms with Crippen LogP contribution in [0.15, 0.2) is 30.3 Å². The van der Waals surface area contributed by atoms with Gasteiger partial charge in [-0.3, -0.25) is 10.1 Å². The number of hydrogen-bond donors (Lipinski definition) is 2. The van der Waals surface area contributed by atoms with E-state index in [2.05, 4.69) is 5.32 Å². The number of urea groups is 2. The SMILES string of the molecule is O=C1NC(=O)N(C(=O)Nc2ccccc2)CC1F. The third-order valence-electron chi connectivity index (χ3n) is 2.37. The number of carbonyl (C=O) groups excluding carboxylic acids is 3. The van der Waals surface area contributed by atoms with Gasteiger partial charge in [0, 0.05) is 5.69 Å². The van der Waals surface area contributed by atoms with E-state index in [9.17, 15) is 18.8 Å². The van der Waals surface area contributed by atoms with Crippen LogP contribution in [0.5, 0.6) is 0 Å². The van der Waals surface area contributed by atoms with E-state index in [1.54, 1.807) is 35.6 Å². The molecule has 18 heavy (non-hydrogen) atoms. The van der Waals surface area contributed by atoms with Crippen molar-refractivity contribution in [3.63, 3.8) is 0 Å². The Labute approximate surface area is 102 Å². The van der Waals surface area contributed by atoms with Crippen LogP contribution in [0.25, 0.3) is 0 Å². The Morgan fingerprint density at radius 3 is 2.67 bits per heavy atom. The molecule has 1 aromatic carbocycles. The maximum absolute atomic E-state index is 13.1. The minimum Gasteiger partial charge on any atom is -0.307 e. The van der Waals surface area contributed by atoms with E-state index < -0.39 is 30.7 Å². The van der Waals surface area contributed by atoms with Crippen LogP contribution in [0, 0.1) is 0 Å². The largest absolute Gasteiger partial charge is 0.332 e. The number of halogens is 1. The summed E-state index contributed by atoms with van der Waals surface area (Å²) in [5, 5.41) is 4.18. The van der Waals surface area contributed by atoms with Gasteiger partial charge in [-0.25, -0.2) is 18.9 Å². The van der Waals surface area contributed by atoms with Crippen molar-refractivity contribution < 1.29 is 18.8 Å². The molecule has 1 fully saturated rings. The first kappa shape index (κ1) is 12.0. The lowest BCUT2D eigenvalue weighted by Gasteiger charge is -2.26. The molecule has 1 unspecified atom stereocenters. The highest BCUT2D eigenvalue weighted by molar-refractivity contribution is 6.08. The quantitative estimate of drug-likeness (QED) is 0.784. The number of anilines is 1. The molecule has 94 valence electrons. The van der Waals surface area contributed by atoms with Crippen LogP contribution in [-0.4, -0.2) is 35.6 Å². The number of amides is 5. The lowest BCUT2D eigenvalue weighted by atomic mass is 10.3. The summed E-state index contributed by atoms with van der Waals surface area (Å²) in [5.74, 6) is -1.02. The predicted molar refractivity (Wildman–Crippen MR) is 60.6 cm³/mol. The van der Waals surface area contributed by atoms with Crippen molar-refractivity contribution in [3.8, 4) is 0 Å². The molecular weight excluding hydrogens is 241 g/mol. The summed E-state index contributed by atoms with van der Waals surface area (Å²) in [4.78, 5) is 34.5. The molecule has 7 heteroatoms. The summed E-state index contributed by atoms with van der Waals surface area (Å²) in [6.07, 6.45) is -1.90. The number of para-hydroxylation sites is 1. The third-order valence-corrected chi connectivity index (χ3v) is 2.37. The Kier molecular flexibility index (Phi) is 3.22. The van der Waals surface area contributed by atoms with Gasteiger partial charge >= 0.3 is 12.1 Å². The van der Waals surface area contributed by atoms with Crippen molar-refractivity contribution >= 4 is 23.7 Å². The van der Waals surface area contributed by atoms with Crippen molar-refractivity contribution in [2.24, 2.45) is 0 Å². The number of nitrogens with zero attached hydrogens (tertiary/aromatic N) is 1. The lowest BCUT2D eigenvalue weighted by Crippen LogP contribution is -2.58. The molecule has 0 radical (unpaired) electrons. The van der Waals surface area contributed by atoms with Crippen LogP contribution in [0.1, 0.15) is 0 Å². The zero-order valence-corrected chi connectivity index (χ0v) is 9.22. The summed E-state index contributed by atoms with van der Waals surface area (Å²) >= 11 is 0.